The lowest BCUT2D eigenvalue weighted by molar-refractivity contribution is 0.221. The Balaban J connectivity index is 1.93. The van der Waals surface area contributed by atoms with Gasteiger partial charge in [-0.2, -0.15) is 0 Å². The van der Waals surface area contributed by atoms with E-state index in [0.717, 1.165) is 5.69 Å². The molecule has 1 aliphatic carbocycles. The van der Waals surface area contributed by atoms with E-state index in [2.05, 4.69) is 23.1 Å². The van der Waals surface area contributed by atoms with Gasteiger partial charge in [0.1, 0.15) is 0 Å². The van der Waals surface area contributed by atoms with Crippen LogP contribution < -0.4 is 5.73 Å². The Bertz CT molecular complexity index is 380. The van der Waals surface area contributed by atoms with Crippen molar-refractivity contribution in [1.82, 2.24) is 4.90 Å². The van der Waals surface area contributed by atoms with E-state index in [1.54, 1.807) is 5.56 Å². The first-order valence-corrected chi connectivity index (χ1v) is 6.47. The van der Waals surface area contributed by atoms with Crippen molar-refractivity contribution in [3.05, 3.63) is 29.3 Å². The highest BCUT2D eigenvalue weighted by atomic mass is 15.2. The van der Waals surface area contributed by atoms with Crippen LogP contribution in [0.4, 0.5) is 5.69 Å². The Hall–Kier alpha value is -1.02. The minimum atomic E-state index is 0.673. The van der Waals surface area contributed by atoms with E-state index < -0.39 is 0 Å². The third kappa shape index (κ3) is 1.71. The minimum Gasteiger partial charge on any atom is -0.399 e. The number of likely N-dealkylation sites (tertiary alicyclic amines) is 1. The zero-order valence-electron chi connectivity index (χ0n) is 9.78. The van der Waals surface area contributed by atoms with Crippen molar-refractivity contribution in [3.8, 4) is 0 Å². The summed E-state index contributed by atoms with van der Waals surface area (Å²) >= 11 is 0. The monoisotopic (exact) mass is 216 g/mol. The van der Waals surface area contributed by atoms with Gasteiger partial charge >= 0.3 is 0 Å². The summed E-state index contributed by atoms with van der Waals surface area (Å²) in [6.07, 6.45) is 6.61. The molecule has 16 heavy (non-hydrogen) atoms. The summed E-state index contributed by atoms with van der Waals surface area (Å²) in [4.78, 5) is 2.66. The molecule has 0 amide bonds. The average Bonchev–Trinajstić information content (AvgIpc) is 2.81. The lowest BCUT2D eigenvalue weighted by Gasteiger charge is -2.33. The smallest absolute Gasteiger partial charge is 0.0350 e. The molecular weight excluding hydrogens is 196 g/mol. The van der Waals surface area contributed by atoms with Gasteiger partial charge in [-0.25, -0.2) is 0 Å². The topological polar surface area (TPSA) is 29.3 Å². The lowest BCUT2D eigenvalue weighted by atomic mass is 9.86. The highest BCUT2D eigenvalue weighted by molar-refractivity contribution is 5.46. The van der Waals surface area contributed by atoms with Crippen LogP contribution in [0.25, 0.3) is 0 Å². The predicted molar refractivity (Wildman–Crippen MR) is 67.3 cm³/mol. The van der Waals surface area contributed by atoms with E-state index in [0.29, 0.717) is 6.04 Å². The normalized spacial score (nSPS) is 25.6. The Morgan fingerprint density at radius 2 is 1.94 bits per heavy atom. The molecule has 0 spiro atoms. The van der Waals surface area contributed by atoms with Crippen molar-refractivity contribution in [3.63, 3.8) is 0 Å². The summed E-state index contributed by atoms with van der Waals surface area (Å²) in [5.41, 5.74) is 9.82. The van der Waals surface area contributed by atoms with E-state index in [4.69, 9.17) is 5.73 Å². The molecule has 0 bridgehead atoms. The predicted octanol–water partition coefficient (Wildman–Crippen LogP) is 2.74. The van der Waals surface area contributed by atoms with Crippen LogP contribution in [0, 0.1) is 0 Å². The Kier molecular flexibility index (Phi) is 2.60. The van der Waals surface area contributed by atoms with Crippen molar-refractivity contribution < 1.29 is 0 Å². The molecule has 2 nitrogen and oxygen atoms in total. The van der Waals surface area contributed by atoms with Gasteiger partial charge in [-0.3, -0.25) is 4.90 Å². The summed E-state index contributed by atoms with van der Waals surface area (Å²) in [5, 5.41) is 0. The third-order valence-electron chi connectivity index (χ3n) is 4.03. The zero-order valence-corrected chi connectivity index (χ0v) is 9.78. The van der Waals surface area contributed by atoms with Gasteiger partial charge in [0.2, 0.25) is 0 Å². The molecule has 1 atom stereocenters. The molecule has 2 aliphatic rings. The van der Waals surface area contributed by atoms with Crippen LogP contribution in [0.5, 0.6) is 0 Å². The van der Waals surface area contributed by atoms with E-state index in [-0.39, 0.29) is 0 Å². The molecule has 2 heteroatoms. The number of nitrogens with two attached hydrogens (primary N) is 1. The molecule has 2 N–H and O–H groups in total. The maximum absolute atomic E-state index is 5.87. The second-order valence-electron chi connectivity index (χ2n) is 5.11. The van der Waals surface area contributed by atoms with Crippen molar-refractivity contribution >= 4 is 5.69 Å². The molecule has 1 fully saturated rings. The highest BCUT2D eigenvalue weighted by Gasteiger charge is 2.27. The molecule has 1 aliphatic heterocycles. The standard InChI is InChI=1S/C14H20N2/c15-12-6-7-13-11(10-12)4-3-5-14(13)16-8-1-2-9-16/h6-7,10,14H,1-5,8-9,15H2. The summed E-state index contributed by atoms with van der Waals surface area (Å²) in [6.45, 7) is 2.57. The second kappa shape index (κ2) is 4.10. The number of hydrogen-bond acceptors (Lipinski definition) is 2. The van der Waals surface area contributed by atoms with Gasteiger partial charge in [0, 0.05) is 11.7 Å². The van der Waals surface area contributed by atoms with E-state index >= 15 is 0 Å². The quantitative estimate of drug-likeness (QED) is 0.731. The first-order chi connectivity index (χ1) is 7.84. The molecule has 0 saturated carbocycles. The van der Waals surface area contributed by atoms with Crippen LogP contribution in [0.3, 0.4) is 0 Å². The SMILES string of the molecule is Nc1ccc2c(c1)CCCC2N1CCCC1. The number of fused-ring (bicyclic) bond motifs is 1. The first-order valence-electron chi connectivity index (χ1n) is 6.47. The summed E-state index contributed by atoms with van der Waals surface area (Å²) < 4.78 is 0. The molecule has 1 aromatic rings. The maximum atomic E-state index is 5.87. The molecule has 1 unspecified atom stereocenters. The zero-order chi connectivity index (χ0) is 11.0. The van der Waals surface area contributed by atoms with Crippen LogP contribution in [0.1, 0.15) is 42.9 Å². The Morgan fingerprint density at radius 3 is 2.75 bits per heavy atom. The fraction of sp³-hybridized carbons (Fsp3) is 0.571. The summed E-state index contributed by atoms with van der Waals surface area (Å²) in [5.74, 6) is 0. The number of aryl methyl sites for hydroxylation is 1. The molecule has 0 aromatic heterocycles. The van der Waals surface area contributed by atoms with Crippen LogP contribution in [0.2, 0.25) is 0 Å². The molecule has 1 aromatic carbocycles. The van der Waals surface area contributed by atoms with Crippen LogP contribution in [-0.2, 0) is 6.42 Å². The number of nitrogens with zero attached hydrogens (tertiary/aromatic N) is 1. The molecule has 86 valence electrons. The Labute approximate surface area is 97.4 Å². The second-order valence-corrected chi connectivity index (χ2v) is 5.11. The van der Waals surface area contributed by atoms with Crippen molar-refractivity contribution in [2.45, 2.75) is 38.1 Å². The number of nitrogen functional groups attached to an aromatic ring is 1. The fourth-order valence-corrected chi connectivity index (χ4v) is 3.24. The molecule has 3 rings (SSSR count). The molecule has 1 saturated heterocycles. The average molecular weight is 216 g/mol. The molecule has 0 radical (unpaired) electrons. The number of anilines is 1. The Morgan fingerprint density at radius 1 is 1.12 bits per heavy atom. The highest BCUT2D eigenvalue weighted by Crippen LogP contribution is 2.36. The maximum Gasteiger partial charge on any atom is 0.0350 e. The fourth-order valence-electron chi connectivity index (χ4n) is 3.24. The van der Waals surface area contributed by atoms with E-state index in [1.807, 2.05) is 0 Å². The van der Waals surface area contributed by atoms with Gasteiger partial charge in [0.15, 0.2) is 0 Å². The van der Waals surface area contributed by atoms with Crippen LogP contribution >= 0.6 is 0 Å². The number of rotatable bonds is 1. The molecular formula is C14H20N2. The van der Waals surface area contributed by atoms with Crippen LogP contribution in [0.15, 0.2) is 18.2 Å². The molecule has 1 heterocycles. The van der Waals surface area contributed by atoms with Gasteiger partial charge in [-0.15, -0.1) is 0 Å². The number of benzene rings is 1. The van der Waals surface area contributed by atoms with E-state index in [1.165, 1.54) is 50.8 Å². The number of hydrogen-bond donors (Lipinski definition) is 1. The summed E-state index contributed by atoms with van der Waals surface area (Å²) in [6, 6.07) is 7.17. The van der Waals surface area contributed by atoms with Gasteiger partial charge in [0.25, 0.3) is 0 Å². The van der Waals surface area contributed by atoms with Gasteiger partial charge in [-0.05, 0) is 68.5 Å². The van der Waals surface area contributed by atoms with Crippen LogP contribution in [-0.4, -0.2) is 18.0 Å². The first kappa shape index (κ1) is 10.2. The lowest BCUT2D eigenvalue weighted by Crippen LogP contribution is -2.28. The van der Waals surface area contributed by atoms with E-state index in [9.17, 15) is 0 Å². The largest absolute Gasteiger partial charge is 0.399 e. The van der Waals surface area contributed by atoms with Gasteiger partial charge in [-0.1, -0.05) is 6.07 Å². The summed E-state index contributed by atoms with van der Waals surface area (Å²) in [7, 11) is 0. The van der Waals surface area contributed by atoms with Gasteiger partial charge < -0.3 is 5.73 Å². The van der Waals surface area contributed by atoms with Crippen molar-refractivity contribution in [2.75, 3.05) is 18.8 Å². The third-order valence-corrected chi connectivity index (χ3v) is 4.03. The van der Waals surface area contributed by atoms with Crippen molar-refractivity contribution in [1.29, 1.82) is 0 Å². The van der Waals surface area contributed by atoms with Crippen molar-refractivity contribution in [2.24, 2.45) is 0 Å². The van der Waals surface area contributed by atoms with Gasteiger partial charge in [0.05, 0.1) is 0 Å². The minimum absolute atomic E-state index is 0.673.